The van der Waals surface area contributed by atoms with Gasteiger partial charge in [0.2, 0.25) is 0 Å². The van der Waals surface area contributed by atoms with E-state index >= 15 is 4.39 Å². The second-order valence-electron chi connectivity index (χ2n) is 11.4. The second-order valence-corrected chi connectivity index (χ2v) is 12.6. The molecule has 3 aliphatic heterocycles. The van der Waals surface area contributed by atoms with Crippen LogP contribution in [0.1, 0.15) is 59.3 Å². The van der Waals surface area contributed by atoms with Gasteiger partial charge in [-0.05, 0) is 81.4 Å². The zero-order valence-electron chi connectivity index (χ0n) is 21.9. The quantitative estimate of drug-likeness (QED) is 0.375. The smallest absolute Gasteiger partial charge is 0.429 e. The Bertz CT molecular complexity index is 1230. The lowest BCUT2D eigenvalue weighted by molar-refractivity contribution is 0.0232. The van der Waals surface area contributed by atoms with Crippen molar-refractivity contribution < 1.29 is 23.0 Å². The Hall–Kier alpha value is -1.98. The van der Waals surface area contributed by atoms with Gasteiger partial charge >= 0.3 is 12.1 Å². The molecule has 5 rings (SSSR count). The Balaban J connectivity index is 1.56. The number of nitrogens with zero attached hydrogens (tertiary/aromatic N) is 5. The molecule has 2 aromatic rings. The summed E-state index contributed by atoms with van der Waals surface area (Å²) in [7, 11) is 0. The Morgan fingerprint density at radius 3 is 2.74 bits per heavy atom. The van der Waals surface area contributed by atoms with Gasteiger partial charge in [-0.2, -0.15) is 9.97 Å². The number of hydrogen-bond acceptors (Lipinski definition) is 7. The summed E-state index contributed by atoms with van der Waals surface area (Å²) in [5, 5.41) is 3.74. The second kappa shape index (κ2) is 10.5. The summed E-state index contributed by atoms with van der Waals surface area (Å²) in [4.78, 5) is 24.5. The molecule has 3 fully saturated rings. The molecule has 12 heteroatoms. The number of carbonyl (C=O) groups excluding carboxylic acids is 1. The van der Waals surface area contributed by atoms with Crippen molar-refractivity contribution in [3.8, 4) is 6.01 Å². The summed E-state index contributed by atoms with van der Waals surface area (Å²) >= 11 is 9.55. The Labute approximate surface area is 234 Å². The van der Waals surface area contributed by atoms with Gasteiger partial charge in [0.15, 0.2) is 11.6 Å². The minimum atomic E-state index is -0.901. The van der Waals surface area contributed by atoms with E-state index in [0.717, 1.165) is 38.6 Å². The third-order valence-corrected chi connectivity index (χ3v) is 8.70. The highest BCUT2D eigenvalue weighted by atomic mass is 79.9. The molecule has 3 saturated heterocycles. The highest BCUT2D eigenvalue weighted by molar-refractivity contribution is 9.10. The molecule has 8 nitrogen and oxygen atoms in total. The number of amides is 1. The van der Waals surface area contributed by atoms with Crippen molar-refractivity contribution in [3.05, 3.63) is 21.4 Å². The van der Waals surface area contributed by atoms with E-state index in [2.05, 4.69) is 30.8 Å². The predicted octanol–water partition coefficient (Wildman–Crippen LogP) is 6.28. The third kappa shape index (κ3) is 5.38. The first-order chi connectivity index (χ1) is 18.0. The minimum absolute atomic E-state index is 0.0187. The SMILES string of the molecule is CC(C)(C)OC(=O)N1CCCCCN1c1nc(OC[C@@]23CCCN2C[C@H](F)C3)nc2c(F)c(Br)c(Cl)cc12. The summed E-state index contributed by atoms with van der Waals surface area (Å²) in [6, 6.07) is 1.56. The van der Waals surface area contributed by atoms with Crippen molar-refractivity contribution in [1.82, 2.24) is 19.9 Å². The molecule has 0 unspecified atom stereocenters. The van der Waals surface area contributed by atoms with E-state index in [-0.39, 0.29) is 27.6 Å². The molecule has 4 heterocycles. The van der Waals surface area contributed by atoms with Crippen LogP contribution in [-0.4, -0.2) is 76.1 Å². The molecular formula is C26H33BrClF2N5O3. The van der Waals surface area contributed by atoms with Crippen LogP contribution >= 0.6 is 27.5 Å². The molecule has 0 radical (unpaired) electrons. The van der Waals surface area contributed by atoms with Crippen molar-refractivity contribution in [1.29, 1.82) is 0 Å². The maximum absolute atomic E-state index is 15.5. The minimum Gasteiger partial charge on any atom is -0.461 e. The number of benzene rings is 1. The van der Waals surface area contributed by atoms with Crippen LogP contribution in [0.25, 0.3) is 10.9 Å². The van der Waals surface area contributed by atoms with Gasteiger partial charge in [0.05, 0.1) is 15.0 Å². The number of aromatic nitrogens is 2. The van der Waals surface area contributed by atoms with Gasteiger partial charge in [0, 0.05) is 31.4 Å². The number of rotatable bonds is 4. The monoisotopic (exact) mass is 615 g/mol. The van der Waals surface area contributed by atoms with Gasteiger partial charge in [-0.1, -0.05) is 11.6 Å². The summed E-state index contributed by atoms with van der Waals surface area (Å²) < 4.78 is 41.7. The lowest BCUT2D eigenvalue weighted by atomic mass is 9.95. The molecule has 0 N–H and O–H groups in total. The van der Waals surface area contributed by atoms with E-state index < -0.39 is 29.2 Å². The number of anilines is 1. The van der Waals surface area contributed by atoms with E-state index in [1.165, 1.54) is 5.01 Å². The number of fused-ring (bicyclic) bond motifs is 2. The van der Waals surface area contributed by atoms with Crippen LogP contribution in [0.2, 0.25) is 5.02 Å². The van der Waals surface area contributed by atoms with Gasteiger partial charge < -0.3 is 9.47 Å². The Kier molecular flexibility index (Phi) is 7.65. The van der Waals surface area contributed by atoms with Crippen LogP contribution in [0.5, 0.6) is 6.01 Å². The molecule has 0 saturated carbocycles. The molecule has 1 amide bonds. The van der Waals surface area contributed by atoms with Crippen molar-refractivity contribution in [2.24, 2.45) is 0 Å². The summed E-state index contributed by atoms with van der Waals surface area (Å²) in [6.07, 6.45) is 3.25. The van der Waals surface area contributed by atoms with Gasteiger partial charge in [0.25, 0.3) is 0 Å². The molecule has 208 valence electrons. The van der Waals surface area contributed by atoms with E-state index in [9.17, 15) is 9.18 Å². The van der Waals surface area contributed by atoms with Gasteiger partial charge in [-0.25, -0.2) is 18.6 Å². The molecule has 1 aromatic carbocycles. The van der Waals surface area contributed by atoms with E-state index in [4.69, 9.17) is 21.1 Å². The number of halogens is 4. The topological polar surface area (TPSA) is 71.0 Å². The van der Waals surface area contributed by atoms with Crippen LogP contribution < -0.4 is 9.75 Å². The largest absolute Gasteiger partial charge is 0.461 e. The average Bonchev–Trinajstić information content (AvgIpc) is 3.24. The van der Waals surface area contributed by atoms with E-state index in [1.54, 1.807) is 11.1 Å². The zero-order chi connectivity index (χ0) is 27.2. The molecule has 0 bridgehead atoms. The first kappa shape index (κ1) is 27.6. The molecular weight excluding hydrogens is 584 g/mol. The maximum Gasteiger partial charge on any atom is 0.429 e. The van der Waals surface area contributed by atoms with Crippen molar-refractivity contribution in [2.75, 3.05) is 37.8 Å². The van der Waals surface area contributed by atoms with Crippen molar-refractivity contribution in [3.63, 3.8) is 0 Å². The first-order valence-electron chi connectivity index (χ1n) is 13.1. The predicted molar refractivity (Wildman–Crippen MR) is 145 cm³/mol. The fraction of sp³-hybridized carbons (Fsp3) is 0.654. The summed E-state index contributed by atoms with van der Waals surface area (Å²) in [5.74, 6) is -0.341. The highest BCUT2D eigenvalue weighted by Gasteiger charge is 2.49. The van der Waals surface area contributed by atoms with Crippen LogP contribution in [0, 0.1) is 5.82 Å². The normalized spacial score (nSPS) is 24.6. The molecule has 38 heavy (non-hydrogen) atoms. The van der Waals surface area contributed by atoms with Crippen molar-refractivity contribution >= 4 is 50.3 Å². The lowest BCUT2D eigenvalue weighted by Gasteiger charge is -2.36. The van der Waals surface area contributed by atoms with Crippen LogP contribution in [0.3, 0.4) is 0 Å². The van der Waals surface area contributed by atoms with Gasteiger partial charge in [-0.3, -0.25) is 9.91 Å². The van der Waals surface area contributed by atoms with E-state index in [1.807, 2.05) is 20.8 Å². The number of carbonyl (C=O) groups is 1. The number of hydrogen-bond donors (Lipinski definition) is 0. The standard InChI is InChI=1S/C26H33BrClF2N5O3/c1-25(2,3)38-24(36)35-11-6-4-5-10-34(35)22-17-12-18(28)19(27)20(30)21(17)31-23(32-22)37-15-26-8-7-9-33(26)14-16(29)13-26/h12,16H,4-11,13-15H2,1-3H3/t16-,26+/m1/s1. The lowest BCUT2D eigenvalue weighted by Crippen LogP contribution is -2.49. The van der Waals surface area contributed by atoms with Crippen LogP contribution in [-0.2, 0) is 4.74 Å². The van der Waals surface area contributed by atoms with E-state index in [0.29, 0.717) is 37.3 Å². The molecule has 3 aliphatic rings. The molecule has 0 spiro atoms. The fourth-order valence-electron chi connectivity index (χ4n) is 5.71. The molecule has 0 aliphatic carbocycles. The highest BCUT2D eigenvalue weighted by Crippen LogP contribution is 2.41. The van der Waals surface area contributed by atoms with Crippen molar-refractivity contribution in [2.45, 2.75) is 76.6 Å². The third-order valence-electron chi connectivity index (χ3n) is 7.40. The average molecular weight is 617 g/mol. The van der Waals surface area contributed by atoms with Gasteiger partial charge in [0.1, 0.15) is 23.9 Å². The van der Waals surface area contributed by atoms with Crippen LogP contribution in [0.4, 0.5) is 19.4 Å². The molecule has 2 atom stereocenters. The number of hydrazine groups is 1. The number of ether oxygens (including phenoxy) is 2. The zero-order valence-corrected chi connectivity index (χ0v) is 24.2. The number of alkyl halides is 1. The maximum atomic E-state index is 15.5. The van der Waals surface area contributed by atoms with Gasteiger partial charge in [-0.15, -0.1) is 0 Å². The Morgan fingerprint density at radius 2 is 1.97 bits per heavy atom. The molecule has 1 aromatic heterocycles. The van der Waals surface area contributed by atoms with Crippen LogP contribution in [0.15, 0.2) is 10.5 Å². The summed E-state index contributed by atoms with van der Waals surface area (Å²) in [6.45, 7) is 7.72. The Morgan fingerprint density at radius 1 is 1.21 bits per heavy atom. The first-order valence-corrected chi connectivity index (χ1v) is 14.3. The summed E-state index contributed by atoms with van der Waals surface area (Å²) in [5.41, 5.74) is -1.09. The fourth-order valence-corrected chi connectivity index (χ4v) is 6.21.